The molecule has 0 fully saturated rings. The molecule has 1 unspecified atom stereocenters. The van der Waals surface area contributed by atoms with Crippen molar-refractivity contribution in [1.29, 1.82) is 0 Å². The Morgan fingerprint density at radius 1 is 1.54 bits per heavy atom. The molecule has 13 heavy (non-hydrogen) atoms. The summed E-state index contributed by atoms with van der Waals surface area (Å²) in [6.07, 6.45) is 3.56. The van der Waals surface area contributed by atoms with Crippen LogP contribution in [0.1, 0.15) is 25.3 Å². The topological polar surface area (TPSA) is 30.0 Å². The van der Waals surface area contributed by atoms with E-state index in [4.69, 9.17) is 0 Å². The lowest BCUT2D eigenvalue weighted by molar-refractivity contribution is -0.109. The van der Waals surface area contributed by atoms with Crippen molar-refractivity contribution < 1.29 is 4.79 Å². The summed E-state index contributed by atoms with van der Waals surface area (Å²) in [6, 6.07) is 3.98. The second-order valence-corrected chi connectivity index (χ2v) is 4.18. The second-order valence-electron chi connectivity index (χ2n) is 2.98. The third-order valence-electron chi connectivity index (χ3n) is 1.81. The molecule has 1 aromatic heterocycles. The molecule has 1 aromatic rings. The lowest BCUT2D eigenvalue weighted by atomic mass is 10.1. The molecule has 0 bridgehead atoms. The minimum Gasteiger partial charge on any atom is -0.288 e. The predicted octanol–water partition coefficient (Wildman–Crippen LogP) is 2.46. The van der Waals surface area contributed by atoms with Gasteiger partial charge in [0.25, 0.3) is 0 Å². The molecule has 1 heterocycles. The first-order chi connectivity index (χ1) is 6.20. The number of thioether (sulfide) groups is 1. The highest BCUT2D eigenvalue weighted by molar-refractivity contribution is 8.13. The molecule has 0 amide bonds. The average Bonchev–Trinajstić information content (AvgIpc) is 2.15. The maximum atomic E-state index is 10.7. The van der Waals surface area contributed by atoms with Crippen LogP contribution in [0, 0.1) is 0 Å². The van der Waals surface area contributed by atoms with E-state index in [1.807, 2.05) is 12.1 Å². The fourth-order valence-corrected chi connectivity index (χ4v) is 1.71. The summed E-state index contributed by atoms with van der Waals surface area (Å²) in [5.41, 5.74) is 1.24. The van der Waals surface area contributed by atoms with E-state index in [1.165, 1.54) is 17.3 Å². The summed E-state index contributed by atoms with van der Waals surface area (Å²) in [5.74, 6) is 1.26. The number of rotatable bonds is 3. The van der Waals surface area contributed by atoms with Crippen LogP contribution in [0.5, 0.6) is 0 Å². The fraction of sp³-hybridized carbons (Fsp3) is 0.400. The van der Waals surface area contributed by atoms with Gasteiger partial charge in [-0.1, -0.05) is 18.7 Å². The van der Waals surface area contributed by atoms with Crippen LogP contribution in [0.4, 0.5) is 0 Å². The number of aromatic nitrogens is 1. The van der Waals surface area contributed by atoms with Gasteiger partial charge in [-0.25, -0.2) is 0 Å². The number of carbonyl (C=O) groups excluding carboxylic acids is 1. The second kappa shape index (κ2) is 5.02. The van der Waals surface area contributed by atoms with E-state index in [0.717, 1.165) is 5.75 Å². The monoisotopic (exact) mass is 195 g/mol. The molecule has 1 atom stereocenters. The van der Waals surface area contributed by atoms with E-state index in [0.29, 0.717) is 5.92 Å². The SMILES string of the molecule is CC(=O)SCC(C)c1ccncc1. The Bertz CT molecular complexity index is 274. The standard InChI is InChI=1S/C10H13NOS/c1-8(7-13-9(2)12)10-3-5-11-6-4-10/h3-6,8H,7H2,1-2H3. The molecule has 0 N–H and O–H groups in total. The van der Waals surface area contributed by atoms with Gasteiger partial charge in [-0.15, -0.1) is 0 Å². The third kappa shape index (κ3) is 3.59. The summed E-state index contributed by atoms with van der Waals surface area (Å²) in [4.78, 5) is 14.7. The minimum atomic E-state index is 0.181. The Balaban J connectivity index is 2.49. The highest BCUT2D eigenvalue weighted by Crippen LogP contribution is 2.19. The first kappa shape index (κ1) is 10.3. The van der Waals surface area contributed by atoms with E-state index in [-0.39, 0.29) is 5.12 Å². The number of nitrogens with zero attached hydrogens (tertiary/aromatic N) is 1. The van der Waals surface area contributed by atoms with E-state index in [2.05, 4.69) is 11.9 Å². The quantitative estimate of drug-likeness (QED) is 0.742. The summed E-state index contributed by atoms with van der Waals surface area (Å²) < 4.78 is 0. The average molecular weight is 195 g/mol. The van der Waals surface area contributed by atoms with Crippen LogP contribution in [-0.4, -0.2) is 15.9 Å². The van der Waals surface area contributed by atoms with Gasteiger partial charge in [0, 0.05) is 25.1 Å². The van der Waals surface area contributed by atoms with Crippen molar-refractivity contribution in [2.24, 2.45) is 0 Å². The summed E-state index contributed by atoms with van der Waals surface area (Å²) >= 11 is 1.37. The van der Waals surface area contributed by atoms with Crippen LogP contribution < -0.4 is 0 Å². The smallest absolute Gasteiger partial charge is 0.185 e. The van der Waals surface area contributed by atoms with Crippen LogP contribution >= 0.6 is 11.8 Å². The number of hydrogen-bond donors (Lipinski definition) is 0. The maximum Gasteiger partial charge on any atom is 0.185 e. The molecular weight excluding hydrogens is 182 g/mol. The van der Waals surface area contributed by atoms with Gasteiger partial charge in [0.1, 0.15) is 0 Å². The molecule has 2 nitrogen and oxygen atoms in total. The van der Waals surface area contributed by atoms with Crippen LogP contribution in [-0.2, 0) is 4.79 Å². The highest BCUT2D eigenvalue weighted by Gasteiger charge is 2.06. The van der Waals surface area contributed by atoms with Crippen molar-refractivity contribution in [3.63, 3.8) is 0 Å². The predicted molar refractivity (Wildman–Crippen MR) is 55.8 cm³/mol. The Labute approximate surface area is 82.8 Å². The van der Waals surface area contributed by atoms with Gasteiger partial charge in [0.05, 0.1) is 0 Å². The van der Waals surface area contributed by atoms with E-state index >= 15 is 0 Å². The van der Waals surface area contributed by atoms with Crippen molar-refractivity contribution in [2.75, 3.05) is 5.75 Å². The van der Waals surface area contributed by atoms with Gasteiger partial charge in [-0.2, -0.15) is 0 Å². The van der Waals surface area contributed by atoms with Crippen LogP contribution in [0.2, 0.25) is 0 Å². The van der Waals surface area contributed by atoms with Crippen molar-refractivity contribution in [3.8, 4) is 0 Å². The summed E-state index contributed by atoms with van der Waals surface area (Å²) in [6.45, 7) is 3.72. The van der Waals surface area contributed by atoms with Crippen molar-refractivity contribution in [1.82, 2.24) is 4.98 Å². The van der Waals surface area contributed by atoms with Gasteiger partial charge in [0.15, 0.2) is 5.12 Å². The zero-order valence-electron chi connectivity index (χ0n) is 7.86. The molecule has 0 radical (unpaired) electrons. The first-order valence-corrected chi connectivity index (χ1v) is 5.22. The number of carbonyl (C=O) groups is 1. The summed E-state index contributed by atoms with van der Waals surface area (Å²) in [7, 11) is 0. The van der Waals surface area contributed by atoms with E-state index < -0.39 is 0 Å². The molecular formula is C10H13NOS. The highest BCUT2D eigenvalue weighted by atomic mass is 32.2. The molecule has 0 aliphatic carbocycles. The first-order valence-electron chi connectivity index (χ1n) is 4.23. The van der Waals surface area contributed by atoms with Gasteiger partial charge < -0.3 is 0 Å². The van der Waals surface area contributed by atoms with Gasteiger partial charge >= 0.3 is 0 Å². The number of pyridine rings is 1. The molecule has 70 valence electrons. The zero-order valence-corrected chi connectivity index (χ0v) is 8.67. The van der Waals surface area contributed by atoms with Crippen LogP contribution in [0.25, 0.3) is 0 Å². The van der Waals surface area contributed by atoms with Crippen molar-refractivity contribution in [3.05, 3.63) is 30.1 Å². The Morgan fingerprint density at radius 3 is 2.69 bits per heavy atom. The Kier molecular flexibility index (Phi) is 3.96. The minimum absolute atomic E-state index is 0.181. The Morgan fingerprint density at radius 2 is 2.15 bits per heavy atom. The molecule has 0 aromatic carbocycles. The lowest BCUT2D eigenvalue weighted by Gasteiger charge is -2.08. The normalized spacial score (nSPS) is 12.5. The maximum absolute atomic E-state index is 10.7. The van der Waals surface area contributed by atoms with E-state index in [9.17, 15) is 4.79 Å². The largest absolute Gasteiger partial charge is 0.288 e. The van der Waals surface area contributed by atoms with E-state index in [1.54, 1.807) is 19.3 Å². The molecule has 0 aliphatic rings. The van der Waals surface area contributed by atoms with Gasteiger partial charge in [-0.3, -0.25) is 9.78 Å². The number of hydrogen-bond acceptors (Lipinski definition) is 3. The van der Waals surface area contributed by atoms with Crippen LogP contribution in [0.15, 0.2) is 24.5 Å². The summed E-state index contributed by atoms with van der Waals surface area (Å²) in [5, 5.41) is 0.181. The zero-order chi connectivity index (χ0) is 9.68. The van der Waals surface area contributed by atoms with Crippen molar-refractivity contribution in [2.45, 2.75) is 19.8 Å². The van der Waals surface area contributed by atoms with Gasteiger partial charge in [-0.05, 0) is 23.6 Å². The van der Waals surface area contributed by atoms with Crippen molar-refractivity contribution >= 4 is 16.9 Å². The molecule has 1 rings (SSSR count). The molecule has 0 aliphatic heterocycles. The fourth-order valence-electron chi connectivity index (χ4n) is 1.03. The Hall–Kier alpha value is -0.830. The third-order valence-corrected chi connectivity index (χ3v) is 2.88. The lowest BCUT2D eigenvalue weighted by Crippen LogP contribution is -1.98. The molecule has 0 saturated heterocycles. The molecule has 0 saturated carbocycles. The van der Waals surface area contributed by atoms with Gasteiger partial charge in [0.2, 0.25) is 0 Å². The van der Waals surface area contributed by atoms with Crippen LogP contribution in [0.3, 0.4) is 0 Å². The molecule has 0 spiro atoms. The molecule has 3 heteroatoms.